The molecule has 2 saturated heterocycles. The molecule has 216 valence electrons. The van der Waals surface area contributed by atoms with Crippen molar-refractivity contribution in [2.24, 2.45) is 4.99 Å². The van der Waals surface area contributed by atoms with E-state index in [9.17, 15) is 18.0 Å². The Hall–Kier alpha value is -3.05. The van der Waals surface area contributed by atoms with Crippen LogP contribution in [0.4, 0.5) is 10.5 Å². The molecule has 4 rings (SSSR count). The number of hydrogen-bond acceptors (Lipinski definition) is 7. The SMILES string of the molecule is CCCCOc1cccc(N2C(=NC(=O)[C@H](Cc3ccccc3)NC(=O)OC(C)(C)C)S[C@@H]3CS(=O)(=O)C[C@H]32)c1. The first-order valence-electron chi connectivity index (χ1n) is 13.5. The Labute approximate surface area is 240 Å². The fraction of sp³-hybridized carbons (Fsp3) is 0.483. The number of amidine groups is 1. The number of amides is 2. The molecule has 11 heteroatoms. The van der Waals surface area contributed by atoms with Crippen LogP contribution in [0.25, 0.3) is 0 Å². The summed E-state index contributed by atoms with van der Waals surface area (Å²) in [6.45, 7) is 7.92. The molecule has 0 spiro atoms. The van der Waals surface area contributed by atoms with Gasteiger partial charge in [-0.1, -0.05) is 61.5 Å². The van der Waals surface area contributed by atoms with Gasteiger partial charge in [-0.25, -0.2) is 13.2 Å². The predicted molar refractivity (Wildman–Crippen MR) is 159 cm³/mol. The minimum atomic E-state index is -3.22. The van der Waals surface area contributed by atoms with Crippen molar-refractivity contribution in [1.29, 1.82) is 0 Å². The molecule has 0 saturated carbocycles. The van der Waals surface area contributed by atoms with Crippen LogP contribution in [0.5, 0.6) is 5.75 Å². The van der Waals surface area contributed by atoms with Gasteiger partial charge in [-0.15, -0.1) is 0 Å². The van der Waals surface area contributed by atoms with Crippen molar-refractivity contribution in [1.82, 2.24) is 5.32 Å². The van der Waals surface area contributed by atoms with Crippen molar-refractivity contribution in [2.75, 3.05) is 23.0 Å². The third-order valence-electron chi connectivity index (χ3n) is 6.41. The number of hydrogen-bond donors (Lipinski definition) is 1. The Bertz CT molecular complexity index is 1340. The molecule has 2 heterocycles. The number of thioether (sulfide) groups is 1. The second-order valence-corrected chi connectivity index (χ2v) is 14.4. The first-order valence-corrected chi connectivity index (χ1v) is 16.2. The lowest BCUT2D eigenvalue weighted by Crippen LogP contribution is -2.45. The molecule has 0 aliphatic carbocycles. The number of sulfone groups is 1. The maximum Gasteiger partial charge on any atom is 0.408 e. The highest BCUT2D eigenvalue weighted by molar-refractivity contribution is 8.16. The number of aliphatic imine (C=N–C) groups is 1. The van der Waals surface area contributed by atoms with Crippen LogP contribution in [0.2, 0.25) is 0 Å². The number of benzene rings is 2. The number of anilines is 1. The van der Waals surface area contributed by atoms with Crippen LogP contribution >= 0.6 is 11.8 Å². The Morgan fingerprint density at radius 3 is 2.58 bits per heavy atom. The molecular formula is C29H37N3O6S2. The number of fused-ring (bicyclic) bond motifs is 1. The molecule has 2 aliphatic heterocycles. The Morgan fingerprint density at radius 2 is 1.88 bits per heavy atom. The number of carbonyl (C=O) groups is 2. The molecule has 2 aliphatic rings. The smallest absolute Gasteiger partial charge is 0.408 e. The molecule has 0 aromatic heterocycles. The molecule has 2 fully saturated rings. The number of alkyl carbamates (subject to hydrolysis) is 1. The normalized spacial score (nSPS) is 21.6. The predicted octanol–water partition coefficient (Wildman–Crippen LogP) is 4.60. The lowest BCUT2D eigenvalue weighted by Gasteiger charge is -2.26. The van der Waals surface area contributed by atoms with E-state index in [1.807, 2.05) is 59.5 Å². The minimum absolute atomic E-state index is 0.0162. The minimum Gasteiger partial charge on any atom is -0.494 e. The van der Waals surface area contributed by atoms with Crippen LogP contribution in [-0.4, -0.2) is 66.6 Å². The van der Waals surface area contributed by atoms with Crippen molar-refractivity contribution in [3.05, 3.63) is 60.2 Å². The van der Waals surface area contributed by atoms with E-state index in [1.165, 1.54) is 11.8 Å². The zero-order chi connectivity index (χ0) is 28.9. The van der Waals surface area contributed by atoms with Gasteiger partial charge < -0.3 is 19.7 Å². The van der Waals surface area contributed by atoms with Gasteiger partial charge >= 0.3 is 6.09 Å². The van der Waals surface area contributed by atoms with Gasteiger partial charge in [0.25, 0.3) is 5.91 Å². The van der Waals surface area contributed by atoms with Crippen LogP contribution in [-0.2, 0) is 25.8 Å². The molecule has 0 radical (unpaired) electrons. The molecule has 2 aromatic carbocycles. The van der Waals surface area contributed by atoms with Crippen LogP contribution < -0.4 is 15.0 Å². The van der Waals surface area contributed by atoms with Crippen molar-refractivity contribution in [2.45, 2.75) is 69.9 Å². The van der Waals surface area contributed by atoms with Gasteiger partial charge in [0.2, 0.25) is 0 Å². The summed E-state index contributed by atoms with van der Waals surface area (Å²) in [6.07, 6.45) is 1.44. The van der Waals surface area contributed by atoms with E-state index in [4.69, 9.17) is 9.47 Å². The average molecular weight is 588 g/mol. The van der Waals surface area contributed by atoms with Crippen LogP contribution in [0, 0.1) is 0 Å². The summed E-state index contributed by atoms with van der Waals surface area (Å²) >= 11 is 1.29. The zero-order valence-corrected chi connectivity index (χ0v) is 25.0. The summed E-state index contributed by atoms with van der Waals surface area (Å²) in [7, 11) is -3.22. The number of nitrogens with one attached hydrogen (secondary N) is 1. The Kier molecular flexibility index (Phi) is 9.45. The molecule has 1 N–H and O–H groups in total. The lowest BCUT2D eigenvalue weighted by molar-refractivity contribution is -0.119. The monoisotopic (exact) mass is 587 g/mol. The Morgan fingerprint density at radius 1 is 1.12 bits per heavy atom. The first kappa shape index (κ1) is 29.9. The fourth-order valence-corrected chi connectivity index (χ4v) is 8.52. The number of unbranched alkanes of at least 4 members (excludes halogenated alkanes) is 1. The summed E-state index contributed by atoms with van der Waals surface area (Å²) in [5.41, 5.74) is 0.826. The van der Waals surface area contributed by atoms with E-state index in [1.54, 1.807) is 20.8 Å². The van der Waals surface area contributed by atoms with Gasteiger partial charge in [0.05, 0.1) is 24.2 Å². The summed E-state index contributed by atoms with van der Waals surface area (Å²) < 4.78 is 36.3. The maximum absolute atomic E-state index is 13.6. The average Bonchev–Trinajstić information content (AvgIpc) is 3.34. The van der Waals surface area contributed by atoms with E-state index in [-0.39, 0.29) is 29.2 Å². The zero-order valence-electron chi connectivity index (χ0n) is 23.3. The largest absolute Gasteiger partial charge is 0.494 e. The summed E-state index contributed by atoms with van der Waals surface area (Å²) in [5.74, 6) is 0.116. The summed E-state index contributed by atoms with van der Waals surface area (Å²) in [5, 5.41) is 2.84. The highest BCUT2D eigenvalue weighted by Gasteiger charge is 2.49. The second-order valence-electron chi connectivity index (χ2n) is 11.0. The Balaban J connectivity index is 1.64. The number of ether oxygens (including phenoxy) is 2. The molecule has 40 heavy (non-hydrogen) atoms. The van der Waals surface area contributed by atoms with E-state index >= 15 is 0 Å². The van der Waals surface area contributed by atoms with Crippen molar-refractivity contribution < 1.29 is 27.5 Å². The highest BCUT2D eigenvalue weighted by Crippen LogP contribution is 2.41. The quantitative estimate of drug-likeness (QED) is 0.424. The fourth-order valence-electron chi connectivity index (χ4n) is 4.60. The molecule has 9 nitrogen and oxygen atoms in total. The van der Waals surface area contributed by atoms with Crippen molar-refractivity contribution in [3.63, 3.8) is 0 Å². The molecule has 2 amide bonds. The van der Waals surface area contributed by atoms with Gasteiger partial charge in [-0.2, -0.15) is 4.99 Å². The maximum atomic E-state index is 13.6. The van der Waals surface area contributed by atoms with Gasteiger partial charge in [-0.3, -0.25) is 4.79 Å². The number of rotatable bonds is 9. The summed E-state index contributed by atoms with van der Waals surface area (Å²) in [4.78, 5) is 32.6. The van der Waals surface area contributed by atoms with Crippen molar-refractivity contribution >= 4 is 44.5 Å². The van der Waals surface area contributed by atoms with E-state index < -0.39 is 33.5 Å². The molecule has 3 atom stereocenters. The lowest BCUT2D eigenvalue weighted by atomic mass is 10.1. The van der Waals surface area contributed by atoms with Gasteiger partial charge in [0.1, 0.15) is 17.4 Å². The first-order chi connectivity index (χ1) is 18.9. The van der Waals surface area contributed by atoms with Gasteiger partial charge in [0.15, 0.2) is 15.0 Å². The van der Waals surface area contributed by atoms with E-state index in [0.717, 1.165) is 18.4 Å². The number of carbonyl (C=O) groups excluding carboxylic acids is 2. The second kappa shape index (κ2) is 12.6. The molecule has 2 aromatic rings. The van der Waals surface area contributed by atoms with Crippen molar-refractivity contribution in [3.8, 4) is 5.75 Å². The highest BCUT2D eigenvalue weighted by atomic mass is 32.2. The van der Waals surface area contributed by atoms with Gasteiger partial charge in [-0.05, 0) is 44.9 Å². The van der Waals surface area contributed by atoms with Crippen LogP contribution in [0.3, 0.4) is 0 Å². The topological polar surface area (TPSA) is 114 Å². The standard InChI is InChI=1S/C29H37N3O6S2/c1-5-6-15-37-22-14-10-13-21(17-22)32-24-18-40(35,36)19-25(24)39-27(32)31-26(33)23(16-20-11-8-7-9-12-20)30-28(34)38-29(2,3)4/h7-14,17,23-25H,5-6,15-16,18-19H2,1-4H3,(H,30,34)/t23-,24+,25+/m0/s1. The summed E-state index contributed by atoms with van der Waals surface area (Å²) in [6, 6.07) is 15.4. The van der Waals surface area contributed by atoms with Crippen LogP contribution in [0.1, 0.15) is 46.1 Å². The van der Waals surface area contributed by atoms with E-state index in [0.29, 0.717) is 23.2 Å². The van der Waals surface area contributed by atoms with Crippen LogP contribution in [0.15, 0.2) is 59.6 Å². The molecule has 0 bridgehead atoms. The van der Waals surface area contributed by atoms with Gasteiger partial charge in [0, 0.05) is 23.4 Å². The molecular weight excluding hydrogens is 550 g/mol. The van der Waals surface area contributed by atoms with E-state index in [2.05, 4.69) is 17.2 Å². The number of nitrogens with zero attached hydrogens (tertiary/aromatic N) is 2. The molecule has 0 unspecified atom stereocenters. The third-order valence-corrected chi connectivity index (χ3v) is 9.62. The third kappa shape index (κ3) is 8.00.